The third-order valence-corrected chi connectivity index (χ3v) is 5.83. The second-order valence-electron chi connectivity index (χ2n) is 7.74. The molecular weight excluding hydrogens is 418 g/mol. The van der Waals surface area contributed by atoms with Crippen LogP contribution in [-0.4, -0.2) is 48.5 Å². The summed E-state index contributed by atoms with van der Waals surface area (Å²) in [6, 6.07) is 16.5. The number of β-amino-alcohol motifs (C(OH)–C–C–N with tert-alkyl or cyclic N) is 1. The summed E-state index contributed by atoms with van der Waals surface area (Å²) in [6.07, 6.45) is -0.539. The summed E-state index contributed by atoms with van der Waals surface area (Å²) in [4.78, 5) is 2.29. The summed E-state index contributed by atoms with van der Waals surface area (Å²) >= 11 is 3.48. The van der Waals surface area contributed by atoms with Gasteiger partial charge in [-0.3, -0.25) is 4.90 Å². The van der Waals surface area contributed by atoms with Crippen molar-refractivity contribution < 1.29 is 14.6 Å². The number of morpholine rings is 1. The highest BCUT2D eigenvalue weighted by atomic mass is 79.9. The van der Waals surface area contributed by atoms with E-state index >= 15 is 0 Å². The van der Waals surface area contributed by atoms with Crippen LogP contribution in [0.1, 0.15) is 43.9 Å². The van der Waals surface area contributed by atoms with Gasteiger partial charge in [-0.15, -0.1) is 0 Å². The fraction of sp³-hybridized carbons (Fsp3) is 0.478. The van der Waals surface area contributed by atoms with Crippen molar-refractivity contribution in [1.82, 2.24) is 4.90 Å². The van der Waals surface area contributed by atoms with E-state index in [4.69, 9.17) is 9.47 Å². The van der Waals surface area contributed by atoms with E-state index in [1.165, 1.54) is 5.56 Å². The van der Waals surface area contributed by atoms with Crippen LogP contribution in [0.25, 0.3) is 0 Å². The van der Waals surface area contributed by atoms with Gasteiger partial charge in [0.05, 0.1) is 12.7 Å². The van der Waals surface area contributed by atoms with E-state index < -0.39 is 6.10 Å². The monoisotopic (exact) mass is 447 g/mol. The van der Waals surface area contributed by atoms with Crippen LogP contribution in [0.5, 0.6) is 5.75 Å². The van der Waals surface area contributed by atoms with Crippen LogP contribution in [0.15, 0.2) is 53.0 Å². The number of aliphatic hydroxyl groups excluding tert-OH is 1. The molecule has 0 bridgehead atoms. The highest BCUT2D eigenvalue weighted by Crippen LogP contribution is 2.30. The van der Waals surface area contributed by atoms with E-state index in [-0.39, 0.29) is 18.8 Å². The Morgan fingerprint density at radius 2 is 1.89 bits per heavy atom. The summed E-state index contributed by atoms with van der Waals surface area (Å²) in [5, 5.41) is 10.6. The number of ether oxygens (including phenoxy) is 2. The van der Waals surface area contributed by atoms with Gasteiger partial charge in [0.15, 0.2) is 0 Å². The summed E-state index contributed by atoms with van der Waals surface area (Å²) in [5.74, 6) is 1.25. The third kappa shape index (κ3) is 5.35. The molecular formula is C23H30BrNO3. The maximum Gasteiger partial charge on any atom is 0.122 e. The Hall–Kier alpha value is -1.40. The molecule has 28 heavy (non-hydrogen) atoms. The first-order valence-electron chi connectivity index (χ1n) is 9.96. The van der Waals surface area contributed by atoms with E-state index in [0.717, 1.165) is 22.3 Å². The van der Waals surface area contributed by atoms with E-state index in [2.05, 4.69) is 59.8 Å². The molecule has 1 N–H and O–H groups in total. The maximum absolute atomic E-state index is 10.6. The fourth-order valence-electron chi connectivity index (χ4n) is 3.71. The molecule has 152 valence electrons. The average molecular weight is 448 g/mol. The van der Waals surface area contributed by atoms with E-state index in [1.807, 2.05) is 30.3 Å². The van der Waals surface area contributed by atoms with Gasteiger partial charge in [0.1, 0.15) is 18.5 Å². The van der Waals surface area contributed by atoms with E-state index in [9.17, 15) is 5.11 Å². The summed E-state index contributed by atoms with van der Waals surface area (Å²) in [7, 11) is 0. The highest BCUT2D eigenvalue weighted by molar-refractivity contribution is 9.10. The first-order valence-corrected chi connectivity index (χ1v) is 10.8. The Labute approximate surface area is 176 Å². The zero-order chi connectivity index (χ0) is 20.1. The number of halogens is 1. The SMILES string of the molecule is CC(C)c1ccccc1OCC(O)CN1CCOC(c2ccc(Br)cc2)C1C. The molecule has 1 saturated heterocycles. The molecule has 2 aromatic rings. The quantitative estimate of drug-likeness (QED) is 0.663. The number of hydrogen-bond donors (Lipinski definition) is 1. The molecule has 3 unspecified atom stereocenters. The van der Waals surface area contributed by atoms with Crippen molar-refractivity contribution in [1.29, 1.82) is 0 Å². The van der Waals surface area contributed by atoms with Crippen molar-refractivity contribution in [3.63, 3.8) is 0 Å². The van der Waals surface area contributed by atoms with Crippen molar-refractivity contribution in [3.05, 3.63) is 64.1 Å². The summed E-state index contributed by atoms with van der Waals surface area (Å²) in [6.45, 7) is 8.79. The molecule has 1 fully saturated rings. The molecule has 1 heterocycles. The van der Waals surface area contributed by atoms with Crippen molar-refractivity contribution in [2.24, 2.45) is 0 Å². The minimum atomic E-state index is -0.550. The van der Waals surface area contributed by atoms with Gasteiger partial charge >= 0.3 is 0 Å². The Bertz CT molecular complexity index is 750. The van der Waals surface area contributed by atoms with Gasteiger partial charge in [-0.1, -0.05) is 60.1 Å². The van der Waals surface area contributed by atoms with Gasteiger partial charge in [0.2, 0.25) is 0 Å². The molecule has 4 nitrogen and oxygen atoms in total. The molecule has 3 rings (SSSR count). The largest absolute Gasteiger partial charge is 0.491 e. The van der Waals surface area contributed by atoms with Crippen molar-refractivity contribution in [3.8, 4) is 5.75 Å². The number of para-hydroxylation sites is 1. The lowest BCUT2D eigenvalue weighted by Gasteiger charge is -2.40. The van der Waals surface area contributed by atoms with Crippen LogP contribution < -0.4 is 4.74 Å². The number of nitrogens with zero attached hydrogens (tertiary/aromatic N) is 1. The zero-order valence-corrected chi connectivity index (χ0v) is 18.4. The molecule has 1 aliphatic heterocycles. The first-order chi connectivity index (χ1) is 13.5. The number of benzene rings is 2. The maximum atomic E-state index is 10.6. The van der Waals surface area contributed by atoms with Crippen LogP contribution in [0.3, 0.4) is 0 Å². The van der Waals surface area contributed by atoms with Gasteiger partial charge in [0, 0.05) is 23.6 Å². The second-order valence-corrected chi connectivity index (χ2v) is 8.65. The van der Waals surface area contributed by atoms with Crippen LogP contribution in [0, 0.1) is 0 Å². The molecule has 0 spiro atoms. The Balaban J connectivity index is 1.57. The van der Waals surface area contributed by atoms with Gasteiger partial charge in [0.25, 0.3) is 0 Å². The summed E-state index contributed by atoms with van der Waals surface area (Å²) < 4.78 is 13.0. The smallest absolute Gasteiger partial charge is 0.122 e. The second kappa shape index (κ2) is 9.88. The van der Waals surface area contributed by atoms with Gasteiger partial charge in [-0.05, 0) is 42.2 Å². The Kier molecular flexibility index (Phi) is 7.52. The molecule has 0 aromatic heterocycles. The topological polar surface area (TPSA) is 41.9 Å². The fourth-order valence-corrected chi connectivity index (χ4v) is 3.98. The molecule has 0 saturated carbocycles. The molecule has 0 amide bonds. The molecule has 1 aliphatic rings. The van der Waals surface area contributed by atoms with Gasteiger partial charge in [-0.2, -0.15) is 0 Å². The number of aliphatic hydroxyl groups is 1. The van der Waals surface area contributed by atoms with E-state index in [1.54, 1.807) is 0 Å². The van der Waals surface area contributed by atoms with E-state index in [0.29, 0.717) is 19.1 Å². The Morgan fingerprint density at radius 1 is 1.18 bits per heavy atom. The van der Waals surface area contributed by atoms with Gasteiger partial charge < -0.3 is 14.6 Å². The molecule has 3 atom stereocenters. The van der Waals surface area contributed by atoms with Crippen molar-refractivity contribution in [2.75, 3.05) is 26.3 Å². The highest BCUT2D eigenvalue weighted by Gasteiger charge is 2.31. The minimum absolute atomic E-state index is 0.0108. The van der Waals surface area contributed by atoms with Crippen LogP contribution in [0.4, 0.5) is 0 Å². The number of rotatable bonds is 7. The molecule has 5 heteroatoms. The lowest BCUT2D eigenvalue weighted by atomic mass is 10.0. The first kappa shape index (κ1) is 21.3. The molecule has 0 aliphatic carbocycles. The van der Waals surface area contributed by atoms with Crippen LogP contribution >= 0.6 is 15.9 Å². The Morgan fingerprint density at radius 3 is 2.61 bits per heavy atom. The predicted molar refractivity (Wildman–Crippen MR) is 116 cm³/mol. The standard InChI is InChI=1S/C23H30BrNO3/c1-16(2)21-6-4-5-7-22(21)28-15-20(26)14-25-12-13-27-23(17(25)3)18-8-10-19(24)11-9-18/h4-11,16-17,20,23,26H,12-15H2,1-3H3. The minimum Gasteiger partial charge on any atom is -0.491 e. The average Bonchev–Trinajstić information content (AvgIpc) is 2.69. The van der Waals surface area contributed by atoms with Crippen LogP contribution in [0.2, 0.25) is 0 Å². The van der Waals surface area contributed by atoms with Crippen LogP contribution in [-0.2, 0) is 4.74 Å². The predicted octanol–water partition coefficient (Wildman–Crippen LogP) is 4.77. The number of hydrogen-bond acceptors (Lipinski definition) is 4. The lowest BCUT2D eigenvalue weighted by Crippen LogP contribution is -2.49. The van der Waals surface area contributed by atoms with Gasteiger partial charge in [-0.25, -0.2) is 0 Å². The zero-order valence-electron chi connectivity index (χ0n) is 16.8. The summed E-state index contributed by atoms with van der Waals surface area (Å²) in [5.41, 5.74) is 2.33. The molecule has 0 radical (unpaired) electrons. The van der Waals surface area contributed by atoms with Crippen molar-refractivity contribution >= 4 is 15.9 Å². The molecule has 2 aromatic carbocycles. The van der Waals surface area contributed by atoms with Crippen molar-refractivity contribution in [2.45, 2.75) is 44.9 Å². The third-order valence-electron chi connectivity index (χ3n) is 5.31. The normalized spacial score (nSPS) is 21.6. The lowest BCUT2D eigenvalue weighted by molar-refractivity contribution is -0.0805.